The van der Waals surface area contributed by atoms with Crippen LogP contribution in [0.5, 0.6) is 0 Å². The highest BCUT2D eigenvalue weighted by Gasteiger charge is 2.34. The van der Waals surface area contributed by atoms with Crippen molar-refractivity contribution >= 4 is 0 Å². The van der Waals surface area contributed by atoms with Gasteiger partial charge in [0, 0.05) is 0 Å². The fourth-order valence-electron chi connectivity index (χ4n) is 0.793. The summed E-state index contributed by atoms with van der Waals surface area (Å²) in [6, 6.07) is 0. The Hall–Kier alpha value is -0.560. The minimum absolute atomic E-state index is 0.435. The normalized spacial score (nSPS) is 43.4. The zero-order valence-corrected chi connectivity index (χ0v) is 3.87. The van der Waals surface area contributed by atoms with E-state index >= 15 is 0 Å². The molecule has 0 radical (unpaired) electrons. The molecule has 2 rings (SSSR count). The first-order valence-electron chi connectivity index (χ1n) is 2.47. The van der Waals surface area contributed by atoms with Crippen LogP contribution in [-0.4, -0.2) is 12.2 Å². The highest BCUT2D eigenvalue weighted by atomic mass is 16.6. The first-order chi connectivity index (χ1) is 3.47. The molecule has 0 N–H and O–H groups in total. The minimum atomic E-state index is 0.435. The Morgan fingerprint density at radius 1 is 1.00 bits per heavy atom. The van der Waals surface area contributed by atoms with Crippen molar-refractivity contribution in [2.75, 3.05) is 0 Å². The zero-order valence-electron chi connectivity index (χ0n) is 3.87. The molecule has 7 heavy (non-hydrogen) atoms. The average molecular weight is 94.1 g/mol. The van der Waals surface area contributed by atoms with Crippen molar-refractivity contribution in [2.24, 2.45) is 0 Å². The largest absolute Gasteiger partial charge is 0.361 e. The lowest BCUT2D eigenvalue weighted by Gasteiger charge is -1.81. The van der Waals surface area contributed by atoms with Crippen molar-refractivity contribution < 1.29 is 4.74 Å². The summed E-state index contributed by atoms with van der Waals surface area (Å²) in [5.74, 6) is 0. The predicted molar refractivity (Wildman–Crippen MR) is 26.9 cm³/mol. The summed E-state index contributed by atoms with van der Waals surface area (Å²) >= 11 is 0. The van der Waals surface area contributed by atoms with Crippen molar-refractivity contribution in [1.82, 2.24) is 0 Å². The second-order valence-electron chi connectivity index (χ2n) is 1.84. The number of allylic oxidation sites excluding steroid dienone is 2. The van der Waals surface area contributed by atoms with Gasteiger partial charge in [0.1, 0.15) is 12.2 Å². The number of fused-ring (bicyclic) bond motifs is 1. The zero-order chi connectivity index (χ0) is 4.69. The molecule has 0 saturated carbocycles. The van der Waals surface area contributed by atoms with Crippen LogP contribution < -0.4 is 0 Å². The average Bonchev–Trinajstić information content (AvgIpc) is 2.41. The molecular weight excluding hydrogens is 88.1 g/mol. The van der Waals surface area contributed by atoms with E-state index < -0.39 is 0 Å². The highest BCUT2D eigenvalue weighted by Crippen LogP contribution is 2.26. The minimum Gasteiger partial charge on any atom is -0.361 e. The third-order valence-electron chi connectivity index (χ3n) is 1.27. The number of epoxide rings is 1. The summed E-state index contributed by atoms with van der Waals surface area (Å²) in [5.41, 5.74) is 0. The van der Waals surface area contributed by atoms with Crippen LogP contribution in [0.1, 0.15) is 0 Å². The predicted octanol–water partition coefficient (Wildman–Crippen LogP) is 0.880. The van der Waals surface area contributed by atoms with E-state index in [2.05, 4.69) is 12.2 Å². The van der Waals surface area contributed by atoms with Gasteiger partial charge in [0.2, 0.25) is 0 Å². The molecule has 1 heteroatoms. The van der Waals surface area contributed by atoms with Gasteiger partial charge < -0.3 is 4.74 Å². The molecule has 1 unspecified atom stereocenters. The SMILES string of the molecule is C1=CC2O[C@H]2C=C1. The summed E-state index contributed by atoms with van der Waals surface area (Å²) in [5, 5.41) is 0. The quantitative estimate of drug-likeness (QED) is 0.406. The van der Waals surface area contributed by atoms with Gasteiger partial charge in [0.15, 0.2) is 0 Å². The van der Waals surface area contributed by atoms with E-state index in [-0.39, 0.29) is 0 Å². The number of hydrogen-bond acceptors (Lipinski definition) is 1. The number of rotatable bonds is 0. The molecule has 1 aliphatic carbocycles. The lowest BCUT2D eigenvalue weighted by molar-refractivity contribution is 0.414. The maximum Gasteiger partial charge on any atom is 0.107 e. The first-order valence-corrected chi connectivity index (χ1v) is 2.47. The standard InChI is InChI=1S/C6H6O/c1-2-4-6-5(3-1)7-6/h1-6H/t5-,6?/m0/s1. The third-order valence-corrected chi connectivity index (χ3v) is 1.27. The molecule has 36 valence electrons. The molecule has 1 aliphatic heterocycles. The van der Waals surface area contributed by atoms with Crippen LogP contribution in [0.4, 0.5) is 0 Å². The maximum atomic E-state index is 5.10. The van der Waals surface area contributed by atoms with E-state index in [9.17, 15) is 0 Å². The Labute approximate surface area is 42.3 Å². The van der Waals surface area contributed by atoms with Crippen molar-refractivity contribution in [3.05, 3.63) is 24.3 Å². The monoisotopic (exact) mass is 94.0 g/mol. The highest BCUT2D eigenvalue weighted by molar-refractivity contribution is 5.22. The molecule has 0 aromatic rings. The van der Waals surface area contributed by atoms with Crippen LogP contribution in [-0.2, 0) is 4.74 Å². The van der Waals surface area contributed by atoms with Gasteiger partial charge in [-0.15, -0.1) is 0 Å². The first kappa shape index (κ1) is 3.44. The molecule has 0 spiro atoms. The van der Waals surface area contributed by atoms with Gasteiger partial charge in [-0.3, -0.25) is 0 Å². The smallest absolute Gasteiger partial charge is 0.107 e. The van der Waals surface area contributed by atoms with Gasteiger partial charge in [-0.05, 0) is 0 Å². The van der Waals surface area contributed by atoms with E-state index in [1.54, 1.807) is 0 Å². The summed E-state index contributed by atoms with van der Waals surface area (Å²) in [6.45, 7) is 0. The van der Waals surface area contributed by atoms with Crippen LogP contribution >= 0.6 is 0 Å². The molecule has 0 amide bonds. The van der Waals surface area contributed by atoms with Gasteiger partial charge >= 0.3 is 0 Å². The van der Waals surface area contributed by atoms with Crippen molar-refractivity contribution in [3.8, 4) is 0 Å². The second kappa shape index (κ2) is 0.984. The molecular formula is C6H6O. The number of ether oxygens (including phenoxy) is 1. The Kier molecular flexibility index (Phi) is 0.484. The molecule has 0 aromatic carbocycles. The molecule has 0 aromatic heterocycles. The Balaban J connectivity index is 2.28. The van der Waals surface area contributed by atoms with Gasteiger partial charge in [0.05, 0.1) is 0 Å². The lowest BCUT2D eigenvalue weighted by Crippen LogP contribution is -1.86. The Bertz CT molecular complexity index is 119. The molecule has 1 fully saturated rings. The molecule has 1 heterocycles. The summed E-state index contributed by atoms with van der Waals surface area (Å²) in [7, 11) is 0. The van der Waals surface area contributed by atoms with Gasteiger partial charge in [-0.1, -0.05) is 24.3 Å². The van der Waals surface area contributed by atoms with Crippen LogP contribution in [0.25, 0.3) is 0 Å². The fraction of sp³-hybridized carbons (Fsp3) is 0.333. The topological polar surface area (TPSA) is 12.5 Å². The van der Waals surface area contributed by atoms with Crippen LogP contribution in [0, 0.1) is 0 Å². The molecule has 2 aliphatic rings. The van der Waals surface area contributed by atoms with E-state index in [0.717, 1.165) is 0 Å². The molecule has 1 nitrogen and oxygen atoms in total. The van der Waals surface area contributed by atoms with E-state index in [4.69, 9.17) is 4.74 Å². The van der Waals surface area contributed by atoms with Crippen LogP contribution in [0.2, 0.25) is 0 Å². The van der Waals surface area contributed by atoms with Crippen LogP contribution in [0.15, 0.2) is 24.3 Å². The van der Waals surface area contributed by atoms with Gasteiger partial charge in [0.25, 0.3) is 0 Å². The summed E-state index contributed by atoms with van der Waals surface area (Å²) < 4.78 is 5.10. The van der Waals surface area contributed by atoms with Crippen molar-refractivity contribution in [2.45, 2.75) is 12.2 Å². The molecule has 2 atom stereocenters. The van der Waals surface area contributed by atoms with Gasteiger partial charge in [-0.25, -0.2) is 0 Å². The second-order valence-corrected chi connectivity index (χ2v) is 1.84. The van der Waals surface area contributed by atoms with Crippen LogP contribution in [0.3, 0.4) is 0 Å². The Morgan fingerprint density at radius 2 is 1.57 bits per heavy atom. The molecule has 0 bridgehead atoms. The lowest BCUT2D eigenvalue weighted by atomic mass is 10.2. The van der Waals surface area contributed by atoms with Crippen molar-refractivity contribution in [1.29, 1.82) is 0 Å². The number of hydrogen-bond donors (Lipinski definition) is 0. The maximum absolute atomic E-state index is 5.10. The van der Waals surface area contributed by atoms with E-state index in [1.807, 2.05) is 12.2 Å². The summed E-state index contributed by atoms with van der Waals surface area (Å²) in [6.07, 6.45) is 9.06. The fourth-order valence-corrected chi connectivity index (χ4v) is 0.793. The van der Waals surface area contributed by atoms with Gasteiger partial charge in [-0.2, -0.15) is 0 Å². The third kappa shape index (κ3) is 0.416. The Morgan fingerprint density at radius 3 is 2.00 bits per heavy atom. The van der Waals surface area contributed by atoms with E-state index in [1.165, 1.54) is 0 Å². The molecule has 1 saturated heterocycles. The van der Waals surface area contributed by atoms with E-state index in [0.29, 0.717) is 12.2 Å². The van der Waals surface area contributed by atoms with Crippen molar-refractivity contribution in [3.63, 3.8) is 0 Å². The summed E-state index contributed by atoms with van der Waals surface area (Å²) in [4.78, 5) is 0.